The van der Waals surface area contributed by atoms with E-state index in [1.54, 1.807) is 0 Å². The highest BCUT2D eigenvalue weighted by Crippen LogP contribution is 2.29. The van der Waals surface area contributed by atoms with Crippen LogP contribution in [0.5, 0.6) is 0 Å². The molecule has 20 heavy (non-hydrogen) atoms. The van der Waals surface area contributed by atoms with Gasteiger partial charge in [0.15, 0.2) is 0 Å². The molecule has 0 aromatic heterocycles. The van der Waals surface area contributed by atoms with Crippen LogP contribution in [0.4, 0.5) is 0 Å². The molecule has 1 aromatic carbocycles. The molecule has 1 saturated carbocycles. The third-order valence-electron chi connectivity index (χ3n) is 3.80. The Morgan fingerprint density at radius 3 is 2.40 bits per heavy atom. The van der Waals surface area contributed by atoms with Crippen molar-refractivity contribution >= 4 is 11.9 Å². The fourth-order valence-electron chi connectivity index (χ4n) is 2.35. The number of carbonyl (C=O) groups excluding carboxylic acids is 2. The van der Waals surface area contributed by atoms with Gasteiger partial charge in [-0.2, -0.15) is 0 Å². The van der Waals surface area contributed by atoms with Crippen LogP contribution in [-0.4, -0.2) is 25.0 Å². The van der Waals surface area contributed by atoms with Gasteiger partial charge in [-0.15, -0.1) is 0 Å². The number of rotatable bonds is 5. The van der Waals surface area contributed by atoms with E-state index in [-0.39, 0.29) is 17.8 Å². The second-order valence-corrected chi connectivity index (χ2v) is 5.43. The number of esters is 1. The first-order valence-corrected chi connectivity index (χ1v) is 6.96. The molecule has 1 aromatic rings. The Bertz CT molecular complexity index is 500. The van der Waals surface area contributed by atoms with Crippen LogP contribution < -0.4 is 5.32 Å². The highest BCUT2D eigenvalue weighted by Gasteiger charge is 2.33. The zero-order valence-corrected chi connectivity index (χ0v) is 12.2. The molecular weight excluding hydrogens is 254 g/mol. The van der Waals surface area contributed by atoms with Crippen molar-refractivity contribution in [1.82, 2.24) is 5.32 Å². The van der Waals surface area contributed by atoms with Crippen molar-refractivity contribution in [1.29, 1.82) is 0 Å². The van der Waals surface area contributed by atoms with Crippen molar-refractivity contribution < 1.29 is 14.3 Å². The Morgan fingerprint density at radius 2 is 1.90 bits per heavy atom. The predicted octanol–water partition coefficient (Wildman–Crippen LogP) is 1.91. The number of amides is 1. The molecule has 1 fully saturated rings. The van der Waals surface area contributed by atoms with Gasteiger partial charge in [0.25, 0.3) is 0 Å². The fraction of sp³-hybridized carbons (Fsp3) is 0.500. The van der Waals surface area contributed by atoms with Crippen molar-refractivity contribution in [2.75, 3.05) is 7.11 Å². The number of ether oxygens (including phenoxy) is 1. The van der Waals surface area contributed by atoms with Gasteiger partial charge in [0.1, 0.15) is 6.04 Å². The maximum atomic E-state index is 11.9. The number of hydrogen-bond donors (Lipinski definition) is 1. The molecule has 1 aliphatic rings. The largest absolute Gasteiger partial charge is 0.467 e. The van der Waals surface area contributed by atoms with Gasteiger partial charge in [0, 0.05) is 12.3 Å². The van der Waals surface area contributed by atoms with E-state index in [2.05, 4.69) is 5.32 Å². The summed E-state index contributed by atoms with van der Waals surface area (Å²) in [5.41, 5.74) is 3.35. The number of methoxy groups -OCH3 is 1. The Labute approximate surface area is 119 Å². The minimum atomic E-state index is -0.604. The lowest BCUT2D eigenvalue weighted by Gasteiger charge is -2.19. The van der Waals surface area contributed by atoms with Gasteiger partial charge in [-0.05, 0) is 43.4 Å². The molecule has 0 aliphatic heterocycles. The van der Waals surface area contributed by atoms with Crippen LogP contribution in [0.25, 0.3) is 0 Å². The zero-order chi connectivity index (χ0) is 14.7. The van der Waals surface area contributed by atoms with Gasteiger partial charge in [-0.3, -0.25) is 4.79 Å². The maximum Gasteiger partial charge on any atom is 0.328 e. The van der Waals surface area contributed by atoms with Crippen LogP contribution >= 0.6 is 0 Å². The van der Waals surface area contributed by atoms with Gasteiger partial charge in [0.05, 0.1) is 7.11 Å². The van der Waals surface area contributed by atoms with Crippen molar-refractivity contribution in [3.05, 3.63) is 34.9 Å². The lowest BCUT2D eigenvalue weighted by atomic mass is 9.96. The normalized spacial score (nSPS) is 15.6. The van der Waals surface area contributed by atoms with Crippen LogP contribution in [0.2, 0.25) is 0 Å². The third kappa shape index (κ3) is 3.38. The van der Waals surface area contributed by atoms with E-state index in [1.165, 1.54) is 7.11 Å². The number of hydrogen-bond acceptors (Lipinski definition) is 3. The van der Waals surface area contributed by atoms with Crippen LogP contribution in [0.15, 0.2) is 18.2 Å². The molecule has 0 radical (unpaired) electrons. The van der Waals surface area contributed by atoms with E-state index in [4.69, 9.17) is 4.74 Å². The van der Waals surface area contributed by atoms with Crippen LogP contribution in [-0.2, 0) is 20.7 Å². The summed E-state index contributed by atoms with van der Waals surface area (Å²) < 4.78 is 4.81. The van der Waals surface area contributed by atoms with Gasteiger partial charge in [-0.25, -0.2) is 4.79 Å². The van der Waals surface area contributed by atoms with Crippen LogP contribution in [0.1, 0.15) is 29.5 Å². The summed E-state index contributed by atoms with van der Waals surface area (Å²) in [7, 11) is 1.35. The van der Waals surface area contributed by atoms with Gasteiger partial charge >= 0.3 is 5.97 Å². The van der Waals surface area contributed by atoms with Crippen molar-refractivity contribution in [2.24, 2.45) is 5.92 Å². The van der Waals surface area contributed by atoms with Crippen molar-refractivity contribution in [3.63, 3.8) is 0 Å². The summed E-state index contributed by atoms with van der Waals surface area (Å²) >= 11 is 0. The fourth-order valence-corrected chi connectivity index (χ4v) is 2.35. The van der Waals surface area contributed by atoms with Crippen LogP contribution in [0, 0.1) is 19.8 Å². The first-order valence-electron chi connectivity index (χ1n) is 6.96. The molecule has 1 N–H and O–H groups in total. The maximum absolute atomic E-state index is 11.9. The summed E-state index contributed by atoms with van der Waals surface area (Å²) in [6, 6.07) is 5.41. The highest BCUT2D eigenvalue weighted by molar-refractivity contribution is 5.87. The molecule has 0 spiro atoms. The standard InChI is InChI=1S/C16H21NO3/c1-10-5-4-6-11(2)13(10)9-14(16(19)20-3)17-15(18)12-7-8-12/h4-6,12,14H,7-9H2,1-3H3,(H,17,18)/t14-/m0/s1. The minimum Gasteiger partial charge on any atom is -0.467 e. The smallest absolute Gasteiger partial charge is 0.328 e. The van der Waals surface area contributed by atoms with Crippen LogP contribution in [0.3, 0.4) is 0 Å². The van der Waals surface area contributed by atoms with Gasteiger partial charge in [-0.1, -0.05) is 18.2 Å². The average Bonchev–Trinajstić information content (AvgIpc) is 3.25. The lowest BCUT2D eigenvalue weighted by molar-refractivity contribution is -0.145. The topological polar surface area (TPSA) is 55.4 Å². The molecule has 0 saturated heterocycles. The highest BCUT2D eigenvalue weighted by atomic mass is 16.5. The average molecular weight is 275 g/mol. The Hall–Kier alpha value is -1.84. The second kappa shape index (κ2) is 6.07. The molecule has 4 nitrogen and oxygen atoms in total. The Kier molecular flexibility index (Phi) is 4.42. The molecule has 4 heteroatoms. The van der Waals surface area contributed by atoms with E-state index in [0.717, 1.165) is 29.5 Å². The zero-order valence-electron chi connectivity index (χ0n) is 12.2. The minimum absolute atomic E-state index is 0.0355. The molecule has 1 atom stereocenters. The third-order valence-corrected chi connectivity index (χ3v) is 3.80. The molecule has 1 aliphatic carbocycles. The summed E-state index contributed by atoms with van der Waals surface area (Å²) in [6.07, 6.45) is 2.32. The number of nitrogens with one attached hydrogen (secondary N) is 1. The lowest BCUT2D eigenvalue weighted by Crippen LogP contribution is -2.44. The van der Waals surface area contributed by atoms with Crippen molar-refractivity contribution in [3.8, 4) is 0 Å². The van der Waals surface area contributed by atoms with E-state index >= 15 is 0 Å². The monoisotopic (exact) mass is 275 g/mol. The van der Waals surface area contributed by atoms with Gasteiger partial charge in [0.2, 0.25) is 5.91 Å². The Morgan fingerprint density at radius 1 is 1.30 bits per heavy atom. The SMILES string of the molecule is COC(=O)[C@H](Cc1c(C)cccc1C)NC(=O)C1CC1. The number of carbonyl (C=O) groups is 2. The second-order valence-electron chi connectivity index (χ2n) is 5.43. The molecule has 1 amide bonds. The summed E-state index contributed by atoms with van der Waals surface area (Å²) in [6.45, 7) is 4.03. The number of aryl methyl sites for hydroxylation is 2. The summed E-state index contributed by atoms with van der Waals surface area (Å²) in [5, 5.41) is 2.82. The molecular formula is C16H21NO3. The molecule has 0 unspecified atom stereocenters. The quantitative estimate of drug-likeness (QED) is 0.835. The van der Waals surface area contributed by atoms with E-state index in [9.17, 15) is 9.59 Å². The molecule has 108 valence electrons. The molecule has 0 bridgehead atoms. The van der Waals surface area contributed by atoms with Gasteiger partial charge < -0.3 is 10.1 Å². The molecule has 0 heterocycles. The van der Waals surface area contributed by atoms with E-state index in [0.29, 0.717) is 6.42 Å². The molecule has 2 rings (SSSR count). The first-order chi connectivity index (χ1) is 9.52. The summed E-state index contributed by atoms with van der Waals surface area (Å²) in [5.74, 6) is -0.339. The number of benzene rings is 1. The first kappa shape index (κ1) is 14.6. The summed E-state index contributed by atoms with van der Waals surface area (Å²) in [4.78, 5) is 23.8. The predicted molar refractivity (Wildman–Crippen MR) is 76.3 cm³/mol. The Balaban J connectivity index is 2.14. The van der Waals surface area contributed by atoms with E-state index in [1.807, 2.05) is 32.0 Å². The van der Waals surface area contributed by atoms with Crippen molar-refractivity contribution in [2.45, 2.75) is 39.2 Å². The van der Waals surface area contributed by atoms with E-state index < -0.39 is 6.04 Å².